The minimum Gasteiger partial charge on any atom is -0.467 e. The lowest BCUT2D eigenvalue weighted by Gasteiger charge is -2.26. The fraction of sp³-hybridized carbons (Fsp3) is 0.353. The van der Waals surface area contributed by atoms with E-state index in [1.165, 1.54) is 0 Å². The number of ether oxygens (including phenoxy) is 1. The van der Waals surface area contributed by atoms with Crippen molar-refractivity contribution in [1.82, 2.24) is 24.2 Å². The number of hydrogen-bond acceptors (Lipinski definition) is 6. The van der Waals surface area contributed by atoms with Crippen LogP contribution in [0, 0.1) is 4.77 Å². The molecule has 0 radical (unpaired) electrons. The van der Waals surface area contributed by atoms with Crippen molar-refractivity contribution >= 4 is 12.2 Å². The van der Waals surface area contributed by atoms with Crippen LogP contribution in [-0.2, 0) is 18.0 Å². The zero-order valence-corrected chi connectivity index (χ0v) is 14.6. The monoisotopic (exact) mass is 357 g/mol. The molecule has 0 bridgehead atoms. The molecule has 0 amide bonds. The van der Waals surface area contributed by atoms with E-state index in [4.69, 9.17) is 26.5 Å². The summed E-state index contributed by atoms with van der Waals surface area (Å²) < 4.78 is 15.4. The molecule has 1 aliphatic heterocycles. The third kappa shape index (κ3) is 3.55. The molecular formula is C17H19N5O2S. The third-order valence-corrected chi connectivity index (χ3v) is 4.61. The van der Waals surface area contributed by atoms with Gasteiger partial charge >= 0.3 is 0 Å². The average molecular weight is 357 g/mol. The molecule has 1 aliphatic rings. The topological polar surface area (TPSA) is 61.2 Å². The van der Waals surface area contributed by atoms with Crippen LogP contribution in [0.3, 0.4) is 0 Å². The molecule has 0 N–H and O–H groups in total. The largest absolute Gasteiger partial charge is 0.467 e. The Bertz CT molecular complexity index is 866. The van der Waals surface area contributed by atoms with Crippen molar-refractivity contribution in [2.75, 3.05) is 26.3 Å². The van der Waals surface area contributed by atoms with Crippen LogP contribution in [0.4, 0.5) is 0 Å². The van der Waals surface area contributed by atoms with E-state index in [-0.39, 0.29) is 0 Å². The molecule has 1 saturated heterocycles. The number of aromatic nitrogens is 4. The molecule has 130 valence electrons. The summed E-state index contributed by atoms with van der Waals surface area (Å²) in [5, 5.41) is 4.77. The van der Waals surface area contributed by atoms with Crippen molar-refractivity contribution in [3.05, 3.63) is 53.5 Å². The second-order valence-corrected chi connectivity index (χ2v) is 6.25. The molecule has 0 aromatic carbocycles. The number of furan rings is 1. The van der Waals surface area contributed by atoms with Crippen LogP contribution in [0.2, 0.25) is 0 Å². The van der Waals surface area contributed by atoms with Crippen molar-refractivity contribution in [3.8, 4) is 11.4 Å². The maximum atomic E-state index is 5.70. The second kappa shape index (κ2) is 7.30. The van der Waals surface area contributed by atoms with Gasteiger partial charge in [-0.2, -0.15) is 5.10 Å². The Balaban J connectivity index is 1.70. The molecule has 1 fully saturated rings. The zero-order chi connectivity index (χ0) is 17.1. The molecule has 7 nitrogen and oxygen atoms in total. The highest BCUT2D eigenvalue weighted by Gasteiger charge is 2.17. The number of hydrogen-bond donors (Lipinski definition) is 0. The fourth-order valence-electron chi connectivity index (χ4n) is 2.87. The highest BCUT2D eigenvalue weighted by molar-refractivity contribution is 7.71. The molecule has 0 atom stereocenters. The first-order chi connectivity index (χ1) is 12.3. The zero-order valence-electron chi connectivity index (χ0n) is 13.7. The predicted octanol–water partition coefficient (Wildman–Crippen LogP) is 2.41. The standard InChI is InChI=1S/C17H19N5O2S/c25-17-21(12-15-4-2-8-24-15)16(14-3-1-5-18-11-14)19-22(17)13-20-6-9-23-10-7-20/h1-5,8,11H,6-7,9-10,12-13H2. The van der Waals surface area contributed by atoms with Gasteiger partial charge < -0.3 is 9.15 Å². The Kier molecular flexibility index (Phi) is 4.73. The molecule has 8 heteroatoms. The summed E-state index contributed by atoms with van der Waals surface area (Å²) in [6.07, 6.45) is 5.22. The maximum Gasteiger partial charge on any atom is 0.199 e. The van der Waals surface area contributed by atoms with Crippen LogP contribution in [0.15, 0.2) is 47.3 Å². The van der Waals surface area contributed by atoms with Gasteiger partial charge in [0, 0.05) is 31.0 Å². The normalized spacial score (nSPS) is 15.5. The van der Waals surface area contributed by atoms with Gasteiger partial charge in [-0.3, -0.25) is 14.5 Å². The highest BCUT2D eigenvalue weighted by atomic mass is 32.1. The SMILES string of the molecule is S=c1n(CN2CCOCC2)nc(-c2cccnc2)n1Cc1ccco1. The van der Waals surface area contributed by atoms with E-state index in [9.17, 15) is 0 Å². The van der Waals surface area contributed by atoms with E-state index in [0.717, 1.165) is 43.5 Å². The summed E-state index contributed by atoms with van der Waals surface area (Å²) in [6.45, 7) is 4.45. The van der Waals surface area contributed by atoms with Crippen LogP contribution in [-0.4, -0.2) is 50.5 Å². The number of pyridine rings is 1. The smallest absolute Gasteiger partial charge is 0.199 e. The molecule has 3 aromatic heterocycles. The van der Waals surface area contributed by atoms with E-state index in [2.05, 4.69) is 9.88 Å². The fourth-order valence-corrected chi connectivity index (χ4v) is 3.12. The van der Waals surface area contributed by atoms with Gasteiger partial charge in [0.2, 0.25) is 0 Å². The van der Waals surface area contributed by atoms with Gasteiger partial charge in [-0.25, -0.2) is 4.68 Å². The minimum absolute atomic E-state index is 0.541. The summed E-state index contributed by atoms with van der Waals surface area (Å²) in [6, 6.07) is 7.70. The van der Waals surface area contributed by atoms with Gasteiger partial charge in [-0.05, 0) is 36.5 Å². The Labute approximate surface area is 150 Å². The summed E-state index contributed by atoms with van der Waals surface area (Å²) in [5.41, 5.74) is 0.931. The Morgan fingerprint density at radius 1 is 1.16 bits per heavy atom. The summed E-state index contributed by atoms with van der Waals surface area (Å²) >= 11 is 5.70. The first-order valence-corrected chi connectivity index (χ1v) is 8.62. The lowest BCUT2D eigenvalue weighted by atomic mass is 10.2. The van der Waals surface area contributed by atoms with Gasteiger partial charge in [-0.15, -0.1) is 0 Å². The summed E-state index contributed by atoms with van der Waals surface area (Å²) in [4.78, 5) is 6.50. The van der Waals surface area contributed by atoms with E-state index < -0.39 is 0 Å². The van der Waals surface area contributed by atoms with E-state index in [1.807, 2.05) is 33.5 Å². The predicted molar refractivity (Wildman–Crippen MR) is 94.5 cm³/mol. The van der Waals surface area contributed by atoms with Crippen molar-refractivity contribution in [3.63, 3.8) is 0 Å². The molecule has 4 heterocycles. The minimum atomic E-state index is 0.541. The number of nitrogens with zero attached hydrogens (tertiary/aromatic N) is 5. The molecule has 0 unspecified atom stereocenters. The van der Waals surface area contributed by atoms with Crippen molar-refractivity contribution in [2.45, 2.75) is 13.2 Å². The summed E-state index contributed by atoms with van der Waals surface area (Å²) in [5.74, 6) is 1.63. The van der Waals surface area contributed by atoms with Crippen LogP contribution in [0.25, 0.3) is 11.4 Å². The van der Waals surface area contributed by atoms with E-state index in [1.54, 1.807) is 18.7 Å². The van der Waals surface area contributed by atoms with E-state index in [0.29, 0.717) is 18.0 Å². The Morgan fingerprint density at radius 2 is 2.04 bits per heavy atom. The van der Waals surface area contributed by atoms with Crippen LogP contribution in [0.5, 0.6) is 0 Å². The van der Waals surface area contributed by atoms with Gasteiger partial charge in [0.05, 0.1) is 32.7 Å². The van der Waals surface area contributed by atoms with Crippen LogP contribution < -0.4 is 0 Å². The third-order valence-electron chi connectivity index (χ3n) is 4.17. The average Bonchev–Trinajstić information content (AvgIpc) is 3.27. The van der Waals surface area contributed by atoms with Crippen LogP contribution in [0.1, 0.15) is 5.76 Å². The molecule has 4 rings (SSSR count). The maximum absolute atomic E-state index is 5.70. The molecule has 0 aliphatic carbocycles. The van der Waals surface area contributed by atoms with Gasteiger partial charge in [-0.1, -0.05) is 0 Å². The highest BCUT2D eigenvalue weighted by Crippen LogP contribution is 2.19. The molecule has 3 aromatic rings. The van der Waals surface area contributed by atoms with Crippen molar-refractivity contribution < 1.29 is 9.15 Å². The molecule has 0 saturated carbocycles. The molecular weight excluding hydrogens is 338 g/mol. The Morgan fingerprint density at radius 3 is 2.76 bits per heavy atom. The Hall–Kier alpha value is -2.29. The lowest BCUT2D eigenvalue weighted by molar-refractivity contribution is 0.0209. The van der Waals surface area contributed by atoms with Gasteiger partial charge in [0.25, 0.3) is 0 Å². The van der Waals surface area contributed by atoms with Gasteiger partial charge in [0.1, 0.15) is 5.76 Å². The second-order valence-electron chi connectivity index (χ2n) is 5.88. The molecule has 25 heavy (non-hydrogen) atoms. The number of morpholine rings is 1. The molecule has 0 spiro atoms. The first kappa shape index (κ1) is 16.2. The van der Waals surface area contributed by atoms with Crippen LogP contribution >= 0.6 is 12.2 Å². The van der Waals surface area contributed by atoms with E-state index >= 15 is 0 Å². The first-order valence-electron chi connectivity index (χ1n) is 8.22. The van der Waals surface area contributed by atoms with Crippen molar-refractivity contribution in [1.29, 1.82) is 0 Å². The summed E-state index contributed by atoms with van der Waals surface area (Å²) in [7, 11) is 0. The van der Waals surface area contributed by atoms with Crippen molar-refractivity contribution in [2.24, 2.45) is 0 Å². The quantitative estimate of drug-likeness (QED) is 0.654. The number of rotatable bonds is 5. The van der Waals surface area contributed by atoms with Gasteiger partial charge in [0.15, 0.2) is 10.6 Å². The lowest BCUT2D eigenvalue weighted by Crippen LogP contribution is -2.37.